The molecule has 0 spiro atoms. The van der Waals surface area contributed by atoms with Crippen LogP contribution in [0.15, 0.2) is 36.4 Å². The van der Waals surface area contributed by atoms with Gasteiger partial charge in [-0.25, -0.2) is 0 Å². The largest absolute Gasteiger partial charge is 0.497 e. The third kappa shape index (κ3) is 5.60. The van der Waals surface area contributed by atoms with E-state index in [-0.39, 0.29) is 11.3 Å². The molecule has 0 saturated heterocycles. The van der Waals surface area contributed by atoms with E-state index in [0.717, 1.165) is 11.3 Å². The molecule has 0 heterocycles. The van der Waals surface area contributed by atoms with Crippen molar-refractivity contribution in [3.05, 3.63) is 42.0 Å². The zero-order valence-electron chi connectivity index (χ0n) is 12.4. The predicted octanol–water partition coefficient (Wildman–Crippen LogP) is 3.26. The van der Waals surface area contributed by atoms with Crippen LogP contribution >= 0.6 is 0 Å². The first-order valence-electron chi connectivity index (χ1n) is 6.39. The fraction of sp³-hybridized carbons (Fsp3) is 0.438. The van der Waals surface area contributed by atoms with E-state index in [0.29, 0.717) is 6.54 Å². The smallest absolute Gasteiger partial charge is 0.246 e. The second-order valence-corrected chi connectivity index (χ2v) is 5.75. The number of nitrogens with zero attached hydrogens (tertiary/aromatic N) is 1. The Morgan fingerprint density at radius 1 is 1.37 bits per heavy atom. The van der Waals surface area contributed by atoms with E-state index in [4.69, 9.17) is 4.74 Å². The Kier molecular flexibility index (Phi) is 5.16. The maximum atomic E-state index is 12.0. The van der Waals surface area contributed by atoms with Crippen molar-refractivity contribution < 1.29 is 9.53 Å². The maximum Gasteiger partial charge on any atom is 0.246 e. The number of carbonyl (C=O) groups is 1. The van der Waals surface area contributed by atoms with Crippen molar-refractivity contribution in [1.29, 1.82) is 0 Å². The molecular formula is C16H23NO2. The molecule has 104 valence electrons. The van der Waals surface area contributed by atoms with Gasteiger partial charge in [0.25, 0.3) is 0 Å². The summed E-state index contributed by atoms with van der Waals surface area (Å²) in [4.78, 5) is 13.6. The van der Waals surface area contributed by atoms with Crippen LogP contribution in [0.2, 0.25) is 0 Å². The predicted molar refractivity (Wildman–Crippen MR) is 78.1 cm³/mol. The molecule has 3 heteroatoms. The Hall–Kier alpha value is -1.77. The fourth-order valence-corrected chi connectivity index (χ4v) is 1.57. The van der Waals surface area contributed by atoms with Crippen molar-refractivity contribution in [1.82, 2.24) is 4.90 Å². The average Bonchev–Trinajstić information content (AvgIpc) is 2.35. The van der Waals surface area contributed by atoms with Gasteiger partial charge in [-0.05, 0) is 29.2 Å². The molecule has 0 radical (unpaired) electrons. The molecule has 0 atom stereocenters. The molecule has 0 aliphatic rings. The number of carbonyl (C=O) groups excluding carboxylic acids is 1. The van der Waals surface area contributed by atoms with Gasteiger partial charge in [0, 0.05) is 13.6 Å². The second kappa shape index (κ2) is 6.41. The summed E-state index contributed by atoms with van der Waals surface area (Å²) in [6.07, 6.45) is 3.57. The van der Waals surface area contributed by atoms with Gasteiger partial charge < -0.3 is 9.64 Å². The maximum absolute atomic E-state index is 12.0. The Morgan fingerprint density at radius 2 is 2.05 bits per heavy atom. The van der Waals surface area contributed by atoms with Crippen LogP contribution in [0.3, 0.4) is 0 Å². The summed E-state index contributed by atoms with van der Waals surface area (Å²) in [7, 11) is 3.44. The summed E-state index contributed by atoms with van der Waals surface area (Å²) in [5.74, 6) is 0.821. The quantitative estimate of drug-likeness (QED) is 0.779. The SMILES string of the molecule is COc1cccc(CN(C)C(=O)/C=C/C(C)(C)C)c1. The molecular weight excluding hydrogens is 238 g/mol. The standard InChI is InChI=1S/C16H23NO2/c1-16(2,3)10-9-15(18)17(4)12-13-7-6-8-14(11-13)19-5/h6-11H,12H2,1-5H3/b10-9+. The van der Waals surface area contributed by atoms with Gasteiger partial charge in [0.2, 0.25) is 5.91 Å². The number of ether oxygens (including phenoxy) is 1. The Balaban J connectivity index is 2.66. The third-order valence-corrected chi connectivity index (χ3v) is 2.66. The van der Waals surface area contributed by atoms with Crippen molar-refractivity contribution >= 4 is 5.91 Å². The van der Waals surface area contributed by atoms with Crippen molar-refractivity contribution in [2.75, 3.05) is 14.2 Å². The van der Waals surface area contributed by atoms with Crippen LogP contribution in [0, 0.1) is 5.41 Å². The number of hydrogen-bond donors (Lipinski definition) is 0. The second-order valence-electron chi connectivity index (χ2n) is 5.75. The monoisotopic (exact) mass is 261 g/mol. The molecule has 0 aliphatic heterocycles. The minimum Gasteiger partial charge on any atom is -0.497 e. The molecule has 0 unspecified atom stereocenters. The molecule has 0 aliphatic carbocycles. The van der Waals surface area contributed by atoms with Crippen molar-refractivity contribution in [2.45, 2.75) is 27.3 Å². The Bertz CT molecular complexity index is 458. The highest BCUT2D eigenvalue weighted by molar-refractivity contribution is 5.87. The molecule has 0 saturated carbocycles. The van der Waals surface area contributed by atoms with E-state index in [1.165, 1.54) is 0 Å². The topological polar surface area (TPSA) is 29.5 Å². The summed E-state index contributed by atoms with van der Waals surface area (Å²) in [6, 6.07) is 7.75. The van der Waals surface area contributed by atoms with Gasteiger partial charge in [-0.1, -0.05) is 39.0 Å². The first-order chi connectivity index (χ1) is 8.81. The molecule has 19 heavy (non-hydrogen) atoms. The minimum atomic E-state index is 0.0118. The van der Waals surface area contributed by atoms with E-state index in [1.807, 2.05) is 30.3 Å². The lowest BCUT2D eigenvalue weighted by atomic mass is 9.96. The molecule has 1 amide bonds. The van der Waals surface area contributed by atoms with Gasteiger partial charge in [0.1, 0.15) is 5.75 Å². The highest BCUT2D eigenvalue weighted by Gasteiger charge is 2.09. The summed E-state index contributed by atoms with van der Waals surface area (Å²) in [6.45, 7) is 6.78. The van der Waals surface area contributed by atoms with Gasteiger partial charge in [-0.15, -0.1) is 0 Å². The third-order valence-electron chi connectivity index (χ3n) is 2.66. The molecule has 3 nitrogen and oxygen atoms in total. The molecule has 0 bridgehead atoms. The minimum absolute atomic E-state index is 0.0118. The van der Waals surface area contributed by atoms with E-state index >= 15 is 0 Å². The lowest BCUT2D eigenvalue weighted by Crippen LogP contribution is -2.24. The number of methoxy groups -OCH3 is 1. The van der Waals surface area contributed by atoms with Gasteiger partial charge >= 0.3 is 0 Å². The highest BCUT2D eigenvalue weighted by Crippen LogP contribution is 2.16. The van der Waals surface area contributed by atoms with Crippen LogP contribution < -0.4 is 4.74 Å². The lowest BCUT2D eigenvalue weighted by Gasteiger charge is -2.17. The average molecular weight is 261 g/mol. The normalized spacial score (nSPS) is 11.6. The zero-order chi connectivity index (χ0) is 14.5. The molecule has 1 aromatic rings. The van der Waals surface area contributed by atoms with Crippen molar-refractivity contribution in [3.63, 3.8) is 0 Å². The molecule has 0 aromatic heterocycles. The van der Waals surface area contributed by atoms with Crippen LogP contribution in [0.1, 0.15) is 26.3 Å². The van der Waals surface area contributed by atoms with Gasteiger partial charge in [0.05, 0.1) is 7.11 Å². The lowest BCUT2D eigenvalue weighted by molar-refractivity contribution is -0.125. The summed E-state index contributed by atoms with van der Waals surface area (Å²) < 4.78 is 5.17. The number of likely N-dealkylation sites (N-methyl/N-ethyl adjacent to an activating group) is 1. The molecule has 1 rings (SSSR count). The van der Waals surface area contributed by atoms with Gasteiger partial charge in [0.15, 0.2) is 0 Å². The molecule has 0 fully saturated rings. The van der Waals surface area contributed by atoms with Crippen molar-refractivity contribution in [2.24, 2.45) is 5.41 Å². The van der Waals surface area contributed by atoms with Crippen molar-refractivity contribution in [3.8, 4) is 5.75 Å². The van der Waals surface area contributed by atoms with Crippen LogP contribution in [-0.4, -0.2) is 25.0 Å². The summed E-state index contributed by atoms with van der Waals surface area (Å²) >= 11 is 0. The van der Waals surface area contributed by atoms with Crippen LogP contribution in [0.25, 0.3) is 0 Å². The van der Waals surface area contributed by atoms with Crippen LogP contribution in [-0.2, 0) is 11.3 Å². The number of hydrogen-bond acceptors (Lipinski definition) is 2. The zero-order valence-corrected chi connectivity index (χ0v) is 12.4. The number of benzene rings is 1. The Morgan fingerprint density at radius 3 is 2.63 bits per heavy atom. The summed E-state index contributed by atoms with van der Waals surface area (Å²) in [5, 5.41) is 0. The van der Waals surface area contributed by atoms with Gasteiger partial charge in [-0.2, -0.15) is 0 Å². The first kappa shape index (κ1) is 15.3. The van der Waals surface area contributed by atoms with E-state index in [2.05, 4.69) is 20.8 Å². The number of rotatable bonds is 4. The first-order valence-corrected chi connectivity index (χ1v) is 6.39. The molecule has 0 N–H and O–H groups in total. The van der Waals surface area contributed by atoms with Crippen LogP contribution in [0.4, 0.5) is 0 Å². The number of amides is 1. The molecule has 1 aromatic carbocycles. The van der Waals surface area contributed by atoms with Crippen LogP contribution in [0.5, 0.6) is 5.75 Å². The fourth-order valence-electron chi connectivity index (χ4n) is 1.57. The van der Waals surface area contributed by atoms with E-state index < -0.39 is 0 Å². The van der Waals surface area contributed by atoms with E-state index in [9.17, 15) is 4.79 Å². The van der Waals surface area contributed by atoms with Gasteiger partial charge in [-0.3, -0.25) is 4.79 Å². The number of allylic oxidation sites excluding steroid dienone is 1. The Labute approximate surface area is 115 Å². The summed E-state index contributed by atoms with van der Waals surface area (Å²) in [5.41, 5.74) is 1.08. The highest BCUT2D eigenvalue weighted by atomic mass is 16.5. The van der Waals surface area contributed by atoms with E-state index in [1.54, 1.807) is 25.1 Å².